The molecule has 0 saturated carbocycles. The number of fused-ring (bicyclic) bond motifs is 1. The number of halogens is 3. The van der Waals surface area contributed by atoms with Gasteiger partial charge in [-0.05, 0) is 69.8 Å². The topological polar surface area (TPSA) is 63.6 Å². The van der Waals surface area contributed by atoms with Crippen LogP contribution in [0.1, 0.15) is 22.3 Å². The zero-order valence-electron chi connectivity index (χ0n) is 20.1. The van der Waals surface area contributed by atoms with E-state index < -0.39 is 28.8 Å². The normalized spacial score (nSPS) is 13.6. The van der Waals surface area contributed by atoms with Crippen molar-refractivity contribution in [1.29, 1.82) is 0 Å². The second-order valence-corrected chi connectivity index (χ2v) is 10.5. The molecule has 1 aromatic heterocycles. The molecule has 0 bridgehead atoms. The van der Waals surface area contributed by atoms with Crippen molar-refractivity contribution in [3.63, 3.8) is 0 Å². The Kier molecular flexibility index (Phi) is 7.35. The summed E-state index contributed by atoms with van der Waals surface area (Å²) in [6.07, 6.45) is -3.16. The van der Waals surface area contributed by atoms with Crippen molar-refractivity contribution < 1.29 is 26.3 Å². The summed E-state index contributed by atoms with van der Waals surface area (Å²) in [6, 6.07) is 6.10. The number of methoxy groups -OCH3 is 1. The lowest BCUT2D eigenvalue weighted by Gasteiger charge is -2.24. The number of aromatic nitrogens is 1. The molecule has 2 aromatic carbocycles. The Morgan fingerprint density at radius 2 is 1.71 bits per heavy atom. The molecule has 0 aliphatic heterocycles. The van der Waals surface area contributed by atoms with Crippen molar-refractivity contribution in [3.8, 4) is 5.75 Å². The Morgan fingerprint density at radius 3 is 2.24 bits per heavy atom. The van der Waals surface area contributed by atoms with E-state index in [0.29, 0.717) is 28.9 Å². The van der Waals surface area contributed by atoms with Crippen molar-refractivity contribution in [2.75, 3.05) is 21.2 Å². The minimum Gasteiger partial charge on any atom is -0.497 e. The number of rotatable bonds is 8. The Morgan fingerprint density at radius 1 is 1.09 bits per heavy atom. The van der Waals surface area contributed by atoms with Crippen LogP contribution >= 0.6 is 0 Å². The van der Waals surface area contributed by atoms with Crippen LogP contribution in [0.4, 0.5) is 13.2 Å². The first-order valence-electron chi connectivity index (χ1n) is 10.7. The first-order chi connectivity index (χ1) is 15.7. The van der Waals surface area contributed by atoms with Crippen molar-refractivity contribution >= 4 is 20.9 Å². The molecule has 3 aromatic rings. The summed E-state index contributed by atoms with van der Waals surface area (Å²) in [5.41, 5.74) is 3.01. The third kappa shape index (κ3) is 5.56. The minimum absolute atomic E-state index is 0.122. The molecule has 0 spiro atoms. The van der Waals surface area contributed by atoms with Crippen LogP contribution in [0.2, 0.25) is 0 Å². The molecule has 34 heavy (non-hydrogen) atoms. The second-order valence-electron chi connectivity index (χ2n) is 8.87. The van der Waals surface area contributed by atoms with E-state index in [1.807, 2.05) is 23.7 Å². The number of sulfonamides is 1. The molecule has 1 unspecified atom stereocenters. The number of nitrogens with one attached hydrogen (secondary N) is 1. The van der Waals surface area contributed by atoms with E-state index in [2.05, 4.69) is 0 Å². The van der Waals surface area contributed by atoms with E-state index in [4.69, 9.17) is 4.74 Å². The Hall–Kier alpha value is -2.56. The van der Waals surface area contributed by atoms with Gasteiger partial charge in [-0.15, -0.1) is 0 Å². The van der Waals surface area contributed by atoms with Crippen molar-refractivity contribution in [1.82, 2.24) is 14.2 Å². The zero-order chi connectivity index (χ0) is 25.4. The predicted molar refractivity (Wildman–Crippen MR) is 127 cm³/mol. The van der Waals surface area contributed by atoms with E-state index in [-0.39, 0.29) is 4.90 Å². The predicted octanol–water partition coefficient (Wildman–Crippen LogP) is 4.55. The summed E-state index contributed by atoms with van der Waals surface area (Å²) in [4.78, 5) is 1.79. The van der Waals surface area contributed by atoms with Gasteiger partial charge in [0.1, 0.15) is 11.8 Å². The van der Waals surface area contributed by atoms with E-state index in [0.717, 1.165) is 16.5 Å². The van der Waals surface area contributed by atoms with Gasteiger partial charge in [0.15, 0.2) is 0 Å². The largest absolute Gasteiger partial charge is 0.497 e. The van der Waals surface area contributed by atoms with Crippen LogP contribution in [0, 0.1) is 20.8 Å². The number of alkyl halides is 3. The zero-order valence-corrected chi connectivity index (χ0v) is 20.9. The summed E-state index contributed by atoms with van der Waals surface area (Å²) in [5, 5.41) is 0.752. The van der Waals surface area contributed by atoms with Gasteiger partial charge in [-0.3, -0.25) is 0 Å². The van der Waals surface area contributed by atoms with Gasteiger partial charge in [0.2, 0.25) is 10.0 Å². The first kappa shape index (κ1) is 26.1. The number of ether oxygens (including phenoxy) is 1. The standard InChI is InChI=1S/C24H30F3N3O3S/c1-15-9-16(2)23(17(3)10-15)34(31,32)28-22(24(25,26)27)14-30-13-18(12-29(4)5)20-11-19(33-6)7-8-21(20)30/h7-11,13,22,28H,12,14H2,1-6H3. The molecule has 0 saturated heterocycles. The van der Waals surface area contributed by atoms with Gasteiger partial charge in [0.25, 0.3) is 0 Å². The number of hydrogen-bond donors (Lipinski definition) is 1. The molecule has 0 amide bonds. The molecule has 10 heteroatoms. The van der Waals surface area contributed by atoms with E-state index >= 15 is 0 Å². The Bertz CT molecular complexity index is 1280. The quantitative estimate of drug-likeness (QED) is 0.496. The summed E-state index contributed by atoms with van der Waals surface area (Å²) in [6.45, 7) is 4.86. The molecule has 1 atom stereocenters. The second kappa shape index (κ2) is 9.59. The van der Waals surface area contributed by atoms with E-state index in [9.17, 15) is 21.6 Å². The molecule has 186 valence electrons. The molecule has 6 nitrogen and oxygen atoms in total. The number of benzene rings is 2. The molecular formula is C24H30F3N3O3S. The summed E-state index contributed by atoms with van der Waals surface area (Å²) >= 11 is 0. The van der Waals surface area contributed by atoms with Crippen LogP contribution in [0.5, 0.6) is 5.75 Å². The van der Waals surface area contributed by atoms with Crippen molar-refractivity contribution in [2.45, 2.75) is 51.0 Å². The molecule has 0 aliphatic carbocycles. The van der Waals surface area contributed by atoms with Gasteiger partial charge in [0.05, 0.1) is 12.0 Å². The molecule has 1 heterocycles. The van der Waals surface area contributed by atoms with Crippen LogP contribution in [0.15, 0.2) is 41.4 Å². The lowest BCUT2D eigenvalue weighted by atomic mass is 10.1. The maximum atomic E-state index is 14.1. The van der Waals surface area contributed by atoms with Gasteiger partial charge >= 0.3 is 6.18 Å². The number of nitrogens with zero attached hydrogens (tertiary/aromatic N) is 2. The van der Waals surface area contributed by atoms with Crippen LogP contribution in [-0.4, -0.2) is 51.3 Å². The fourth-order valence-corrected chi connectivity index (χ4v) is 6.00. The van der Waals surface area contributed by atoms with Gasteiger partial charge in [-0.25, -0.2) is 8.42 Å². The molecule has 0 fully saturated rings. The first-order valence-corrected chi connectivity index (χ1v) is 12.2. The van der Waals surface area contributed by atoms with Gasteiger partial charge < -0.3 is 14.2 Å². The summed E-state index contributed by atoms with van der Waals surface area (Å²) in [7, 11) is 0.819. The molecule has 0 radical (unpaired) electrons. The van der Waals surface area contributed by atoms with Gasteiger partial charge in [-0.1, -0.05) is 17.7 Å². The molecular weight excluding hydrogens is 467 g/mol. The van der Waals surface area contributed by atoms with Crippen LogP contribution in [0.3, 0.4) is 0 Å². The summed E-state index contributed by atoms with van der Waals surface area (Å²) < 4.78 is 77.1. The van der Waals surface area contributed by atoms with E-state index in [1.165, 1.54) is 11.7 Å². The molecule has 3 rings (SSSR count). The summed E-state index contributed by atoms with van der Waals surface area (Å²) in [5.74, 6) is 0.587. The highest BCUT2D eigenvalue weighted by Gasteiger charge is 2.43. The lowest BCUT2D eigenvalue weighted by molar-refractivity contribution is -0.154. The maximum absolute atomic E-state index is 14.1. The third-order valence-corrected chi connectivity index (χ3v) is 7.38. The minimum atomic E-state index is -4.80. The molecule has 1 N–H and O–H groups in total. The monoisotopic (exact) mass is 497 g/mol. The number of hydrogen-bond acceptors (Lipinski definition) is 4. The average Bonchev–Trinajstić information content (AvgIpc) is 3.01. The lowest BCUT2D eigenvalue weighted by Crippen LogP contribution is -2.48. The number of aryl methyl sites for hydroxylation is 3. The third-order valence-electron chi connectivity index (χ3n) is 5.60. The highest BCUT2D eigenvalue weighted by molar-refractivity contribution is 7.89. The van der Waals surface area contributed by atoms with Crippen molar-refractivity contribution in [2.24, 2.45) is 0 Å². The maximum Gasteiger partial charge on any atom is 0.406 e. The van der Waals surface area contributed by atoms with Crippen molar-refractivity contribution in [3.05, 3.63) is 58.8 Å². The fourth-order valence-electron chi connectivity index (χ4n) is 4.34. The Labute approximate surface area is 198 Å². The van der Waals surface area contributed by atoms with Crippen LogP contribution < -0.4 is 9.46 Å². The average molecular weight is 498 g/mol. The SMILES string of the molecule is COc1ccc2c(c1)c(CN(C)C)cn2CC(NS(=O)(=O)c1c(C)cc(C)cc1C)C(F)(F)F. The fraction of sp³-hybridized carbons (Fsp3) is 0.417. The highest BCUT2D eigenvalue weighted by Crippen LogP contribution is 2.30. The highest BCUT2D eigenvalue weighted by atomic mass is 32.2. The van der Waals surface area contributed by atoms with E-state index in [1.54, 1.807) is 57.3 Å². The molecule has 0 aliphatic rings. The van der Waals surface area contributed by atoms with Gasteiger partial charge in [0, 0.05) is 30.2 Å². The van der Waals surface area contributed by atoms with Crippen LogP contribution in [-0.2, 0) is 23.1 Å². The van der Waals surface area contributed by atoms with Crippen LogP contribution in [0.25, 0.3) is 10.9 Å². The van der Waals surface area contributed by atoms with Gasteiger partial charge in [-0.2, -0.15) is 17.9 Å². The smallest absolute Gasteiger partial charge is 0.406 e. The Balaban J connectivity index is 2.04.